The number of urea groups is 1. The van der Waals surface area contributed by atoms with Crippen molar-refractivity contribution in [3.63, 3.8) is 0 Å². The van der Waals surface area contributed by atoms with Gasteiger partial charge in [0.1, 0.15) is 5.75 Å². The molecule has 1 aromatic rings. The van der Waals surface area contributed by atoms with E-state index in [1.54, 1.807) is 14.2 Å². The topological polar surface area (TPSA) is 55.6 Å². The maximum absolute atomic E-state index is 11.0. The molecule has 0 fully saturated rings. The lowest BCUT2D eigenvalue weighted by molar-refractivity contribution is 0.219. The minimum atomic E-state index is -0.407. The number of carbonyl (C=O) groups excluding carboxylic acids is 1. The van der Waals surface area contributed by atoms with Crippen molar-refractivity contribution in [2.75, 3.05) is 20.7 Å². The summed E-state index contributed by atoms with van der Waals surface area (Å²) in [6.45, 7) is 6.78. The SMILES string of the molecule is COc1c(C)c(C)cc(C)c1CCN(C)C(N)=O. The van der Waals surface area contributed by atoms with Crippen LogP contribution in [-0.4, -0.2) is 31.6 Å². The summed E-state index contributed by atoms with van der Waals surface area (Å²) in [6.07, 6.45) is 0.746. The van der Waals surface area contributed by atoms with E-state index in [9.17, 15) is 4.79 Å². The van der Waals surface area contributed by atoms with Gasteiger partial charge in [0.05, 0.1) is 7.11 Å². The standard InChI is InChI=1S/C14H22N2O2/c1-9-8-10(2)12(13(18-5)11(9)3)6-7-16(4)14(15)17/h8H,6-7H2,1-5H3,(H2,15,17). The molecule has 0 spiro atoms. The van der Waals surface area contributed by atoms with E-state index in [-0.39, 0.29) is 0 Å². The highest BCUT2D eigenvalue weighted by molar-refractivity contribution is 5.71. The average Bonchev–Trinajstić information content (AvgIpc) is 2.31. The van der Waals surface area contributed by atoms with E-state index in [4.69, 9.17) is 10.5 Å². The number of methoxy groups -OCH3 is 1. The van der Waals surface area contributed by atoms with Gasteiger partial charge in [-0.1, -0.05) is 6.07 Å². The van der Waals surface area contributed by atoms with Crippen LogP contribution in [0.3, 0.4) is 0 Å². The molecule has 4 heteroatoms. The Balaban J connectivity index is 3.01. The molecule has 1 aromatic carbocycles. The third kappa shape index (κ3) is 2.94. The molecule has 0 atom stereocenters. The van der Waals surface area contributed by atoms with Gasteiger partial charge >= 0.3 is 6.03 Å². The Morgan fingerprint density at radius 1 is 1.33 bits per heavy atom. The number of primary amides is 1. The molecular weight excluding hydrogens is 228 g/mol. The monoisotopic (exact) mass is 250 g/mol. The first-order chi connectivity index (χ1) is 8.38. The Morgan fingerprint density at radius 3 is 2.44 bits per heavy atom. The summed E-state index contributed by atoms with van der Waals surface area (Å²) in [5.41, 5.74) is 9.92. The fourth-order valence-electron chi connectivity index (χ4n) is 2.08. The molecule has 0 unspecified atom stereocenters. The van der Waals surface area contributed by atoms with Crippen molar-refractivity contribution in [3.05, 3.63) is 28.3 Å². The summed E-state index contributed by atoms with van der Waals surface area (Å²) >= 11 is 0. The van der Waals surface area contributed by atoms with Crippen LogP contribution in [0.4, 0.5) is 4.79 Å². The third-order valence-electron chi connectivity index (χ3n) is 3.39. The second-order valence-corrected chi connectivity index (χ2v) is 4.66. The summed E-state index contributed by atoms with van der Waals surface area (Å²) in [7, 11) is 3.38. The molecule has 100 valence electrons. The average molecular weight is 250 g/mol. The molecule has 0 aliphatic heterocycles. The van der Waals surface area contributed by atoms with Crippen molar-refractivity contribution >= 4 is 6.03 Å². The molecule has 0 aliphatic rings. The van der Waals surface area contributed by atoms with Crippen LogP contribution in [0.25, 0.3) is 0 Å². The van der Waals surface area contributed by atoms with Crippen LogP contribution in [0.5, 0.6) is 5.75 Å². The summed E-state index contributed by atoms with van der Waals surface area (Å²) in [5, 5.41) is 0. The molecule has 0 radical (unpaired) electrons. The van der Waals surface area contributed by atoms with Gasteiger partial charge < -0.3 is 15.4 Å². The molecule has 2 amide bonds. The van der Waals surface area contributed by atoms with E-state index < -0.39 is 6.03 Å². The van der Waals surface area contributed by atoms with Gasteiger partial charge in [0, 0.05) is 13.6 Å². The first-order valence-corrected chi connectivity index (χ1v) is 6.02. The van der Waals surface area contributed by atoms with Crippen molar-refractivity contribution in [1.29, 1.82) is 0 Å². The number of rotatable bonds is 4. The van der Waals surface area contributed by atoms with Crippen molar-refractivity contribution in [3.8, 4) is 5.75 Å². The molecule has 1 rings (SSSR count). The molecule has 0 heterocycles. The van der Waals surface area contributed by atoms with E-state index >= 15 is 0 Å². The second kappa shape index (κ2) is 5.76. The number of ether oxygens (including phenoxy) is 1. The smallest absolute Gasteiger partial charge is 0.314 e. The first kappa shape index (κ1) is 14.4. The van der Waals surface area contributed by atoms with E-state index in [2.05, 4.69) is 26.8 Å². The number of nitrogens with two attached hydrogens (primary N) is 1. The van der Waals surface area contributed by atoms with E-state index in [1.165, 1.54) is 16.0 Å². The number of likely N-dealkylation sites (N-methyl/N-ethyl adjacent to an activating group) is 1. The number of hydrogen-bond acceptors (Lipinski definition) is 2. The van der Waals surface area contributed by atoms with Gasteiger partial charge in [-0.05, 0) is 49.4 Å². The summed E-state index contributed by atoms with van der Waals surface area (Å²) in [5.74, 6) is 0.922. The zero-order valence-electron chi connectivity index (χ0n) is 11.8. The van der Waals surface area contributed by atoms with Crippen LogP contribution < -0.4 is 10.5 Å². The Hall–Kier alpha value is -1.71. The van der Waals surface area contributed by atoms with Crippen molar-refractivity contribution in [1.82, 2.24) is 4.90 Å². The normalized spacial score (nSPS) is 10.3. The van der Waals surface area contributed by atoms with Gasteiger partial charge in [-0.3, -0.25) is 0 Å². The van der Waals surface area contributed by atoms with Crippen LogP contribution in [0.15, 0.2) is 6.07 Å². The maximum atomic E-state index is 11.0. The Morgan fingerprint density at radius 2 is 1.94 bits per heavy atom. The molecule has 18 heavy (non-hydrogen) atoms. The highest BCUT2D eigenvalue weighted by atomic mass is 16.5. The molecule has 4 nitrogen and oxygen atoms in total. The number of carbonyl (C=O) groups is 1. The summed E-state index contributed by atoms with van der Waals surface area (Å²) in [4.78, 5) is 12.5. The van der Waals surface area contributed by atoms with E-state index in [0.29, 0.717) is 6.54 Å². The largest absolute Gasteiger partial charge is 0.496 e. The lowest BCUT2D eigenvalue weighted by Crippen LogP contribution is -2.33. The van der Waals surface area contributed by atoms with Crippen molar-refractivity contribution in [2.24, 2.45) is 5.73 Å². The fourth-order valence-corrected chi connectivity index (χ4v) is 2.08. The highest BCUT2D eigenvalue weighted by Gasteiger charge is 2.13. The fraction of sp³-hybridized carbons (Fsp3) is 0.500. The van der Waals surface area contributed by atoms with Crippen molar-refractivity contribution in [2.45, 2.75) is 27.2 Å². The zero-order valence-corrected chi connectivity index (χ0v) is 11.8. The van der Waals surface area contributed by atoms with Gasteiger partial charge in [-0.15, -0.1) is 0 Å². The van der Waals surface area contributed by atoms with Gasteiger partial charge in [0.15, 0.2) is 0 Å². The predicted molar refractivity (Wildman–Crippen MR) is 73.1 cm³/mol. The number of aryl methyl sites for hydroxylation is 2. The molecule has 2 N–H and O–H groups in total. The number of hydrogen-bond donors (Lipinski definition) is 1. The van der Waals surface area contributed by atoms with Crippen LogP contribution in [-0.2, 0) is 6.42 Å². The number of amides is 2. The van der Waals surface area contributed by atoms with Gasteiger partial charge in [0.25, 0.3) is 0 Å². The van der Waals surface area contributed by atoms with E-state index in [0.717, 1.165) is 23.3 Å². The second-order valence-electron chi connectivity index (χ2n) is 4.66. The van der Waals surface area contributed by atoms with Crippen LogP contribution in [0.2, 0.25) is 0 Å². The number of nitrogens with zero attached hydrogens (tertiary/aromatic N) is 1. The van der Waals surface area contributed by atoms with Crippen LogP contribution in [0.1, 0.15) is 22.3 Å². The van der Waals surface area contributed by atoms with Gasteiger partial charge in [-0.25, -0.2) is 4.79 Å². The molecule has 0 aliphatic carbocycles. The van der Waals surface area contributed by atoms with Crippen molar-refractivity contribution < 1.29 is 9.53 Å². The first-order valence-electron chi connectivity index (χ1n) is 6.02. The van der Waals surface area contributed by atoms with Crippen LogP contribution >= 0.6 is 0 Å². The minimum Gasteiger partial charge on any atom is -0.496 e. The van der Waals surface area contributed by atoms with Gasteiger partial charge in [-0.2, -0.15) is 0 Å². The maximum Gasteiger partial charge on any atom is 0.314 e. The van der Waals surface area contributed by atoms with Crippen LogP contribution in [0, 0.1) is 20.8 Å². The zero-order chi connectivity index (χ0) is 13.9. The quantitative estimate of drug-likeness (QED) is 0.890. The Bertz CT molecular complexity index is 456. The lowest BCUT2D eigenvalue weighted by atomic mass is 9.97. The molecule has 0 saturated heterocycles. The minimum absolute atomic E-state index is 0.407. The third-order valence-corrected chi connectivity index (χ3v) is 3.39. The summed E-state index contributed by atoms with van der Waals surface area (Å²) < 4.78 is 5.50. The van der Waals surface area contributed by atoms with E-state index in [1.807, 2.05) is 0 Å². The predicted octanol–water partition coefficient (Wildman–Crippen LogP) is 2.17. The molecule has 0 saturated carbocycles. The molecule has 0 bridgehead atoms. The Labute approximate surface area is 109 Å². The Kier molecular flexibility index (Phi) is 4.59. The molecular formula is C14H22N2O2. The number of benzene rings is 1. The highest BCUT2D eigenvalue weighted by Crippen LogP contribution is 2.29. The lowest BCUT2D eigenvalue weighted by Gasteiger charge is -2.19. The molecule has 0 aromatic heterocycles. The summed E-state index contributed by atoms with van der Waals surface area (Å²) in [6, 6.07) is 1.74. The van der Waals surface area contributed by atoms with Gasteiger partial charge in [0.2, 0.25) is 0 Å².